The summed E-state index contributed by atoms with van der Waals surface area (Å²) >= 11 is 0. The molecule has 27 heavy (non-hydrogen) atoms. The molecule has 2 aromatic rings. The van der Waals surface area contributed by atoms with E-state index in [0.29, 0.717) is 31.8 Å². The molecule has 2 atom stereocenters. The summed E-state index contributed by atoms with van der Waals surface area (Å²) in [5, 5.41) is 0. The second kappa shape index (κ2) is 9.62. The fraction of sp³-hybridized carbons (Fsp3) is 0.381. The molecule has 0 unspecified atom stereocenters. The van der Waals surface area contributed by atoms with Gasteiger partial charge in [-0.05, 0) is 36.2 Å². The number of nitrogens with zero attached hydrogens (tertiary/aromatic N) is 1. The first-order valence-corrected chi connectivity index (χ1v) is 8.90. The molecule has 0 bridgehead atoms. The van der Waals surface area contributed by atoms with Crippen molar-refractivity contribution in [2.75, 3.05) is 33.9 Å². The van der Waals surface area contributed by atoms with E-state index in [9.17, 15) is 4.79 Å². The van der Waals surface area contributed by atoms with Gasteiger partial charge in [0.05, 0.1) is 20.6 Å². The molecular weight excluding hydrogens is 364 g/mol. The molecule has 6 heteroatoms. The Morgan fingerprint density at radius 1 is 1.11 bits per heavy atom. The average Bonchev–Trinajstić information content (AvgIpc) is 3.13. The number of methoxy groups -OCH3 is 2. The highest BCUT2D eigenvalue weighted by Crippen LogP contribution is 2.33. The first kappa shape index (κ1) is 21.1. The molecule has 1 saturated heterocycles. The summed E-state index contributed by atoms with van der Waals surface area (Å²) < 4.78 is 10.7. The quantitative estimate of drug-likeness (QED) is 0.823. The Labute approximate surface area is 166 Å². The van der Waals surface area contributed by atoms with Crippen LogP contribution in [-0.4, -0.2) is 44.7 Å². The predicted molar refractivity (Wildman–Crippen MR) is 109 cm³/mol. The van der Waals surface area contributed by atoms with Crippen LogP contribution in [0.3, 0.4) is 0 Å². The van der Waals surface area contributed by atoms with E-state index < -0.39 is 0 Å². The van der Waals surface area contributed by atoms with Crippen molar-refractivity contribution in [2.24, 2.45) is 11.7 Å². The molecule has 1 heterocycles. The molecule has 2 N–H and O–H groups in total. The minimum Gasteiger partial charge on any atom is -0.497 e. The molecule has 0 aromatic heterocycles. The summed E-state index contributed by atoms with van der Waals surface area (Å²) in [4.78, 5) is 14.8. The van der Waals surface area contributed by atoms with Crippen LogP contribution in [0.15, 0.2) is 48.5 Å². The predicted octanol–water partition coefficient (Wildman–Crippen LogP) is 2.87. The first-order valence-electron chi connectivity index (χ1n) is 8.90. The summed E-state index contributed by atoms with van der Waals surface area (Å²) in [5.41, 5.74) is 8.07. The van der Waals surface area contributed by atoms with Crippen LogP contribution in [-0.2, 0) is 11.2 Å². The van der Waals surface area contributed by atoms with Crippen molar-refractivity contribution in [1.82, 2.24) is 4.90 Å². The summed E-state index contributed by atoms with van der Waals surface area (Å²) in [6.07, 6.45) is 0.291. The molecule has 0 aliphatic carbocycles. The molecule has 1 amide bonds. The molecule has 1 fully saturated rings. The highest BCUT2D eigenvalue weighted by molar-refractivity contribution is 5.85. The van der Waals surface area contributed by atoms with Gasteiger partial charge in [-0.1, -0.05) is 30.3 Å². The third kappa shape index (κ3) is 4.73. The van der Waals surface area contributed by atoms with Crippen LogP contribution in [0.1, 0.15) is 17.0 Å². The van der Waals surface area contributed by atoms with Crippen LogP contribution < -0.4 is 15.2 Å². The second-order valence-electron chi connectivity index (χ2n) is 6.67. The Balaban J connectivity index is 0.00000261. The van der Waals surface area contributed by atoms with E-state index in [1.165, 1.54) is 5.56 Å². The Morgan fingerprint density at radius 3 is 2.48 bits per heavy atom. The van der Waals surface area contributed by atoms with E-state index >= 15 is 0 Å². The Morgan fingerprint density at radius 2 is 1.85 bits per heavy atom. The van der Waals surface area contributed by atoms with E-state index in [1.807, 2.05) is 41.3 Å². The Hall–Kier alpha value is -2.24. The van der Waals surface area contributed by atoms with Crippen molar-refractivity contribution < 1.29 is 14.3 Å². The van der Waals surface area contributed by atoms with Crippen molar-refractivity contribution >= 4 is 18.3 Å². The molecule has 146 valence electrons. The van der Waals surface area contributed by atoms with Crippen molar-refractivity contribution in [1.29, 1.82) is 0 Å². The number of ether oxygens (including phenoxy) is 2. The normalized spacial score (nSPS) is 18.7. The van der Waals surface area contributed by atoms with E-state index in [2.05, 4.69) is 12.1 Å². The van der Waals surface area contributed by atoms with Crippen molar-refractivity contribution in [2.45, 2.75) is 12.3 Å². The number of rotatable bonds is 6. The van der Waals surface area contributed by atoms with Gasteiger partial charge in [0.15, 0.2) is 0 Å². The van der Waals surface area contributed by atoms with Crippen molar-refractivity contribution in [3.63, 3.8) is 0 Å². The zero-order chi connectivity index (χ0) is 18.5. The number of hydrogen-bond acceptors (Lipinski definition) is 4. The van der Waals surface area contributed by atoms with E-state index in [0.717, 1.165) is 11.3 Å². The molecule has 2 aromatic carbocycles. The highest BCUT2D eigenvalue weighted by atomic mass is 35.5. The third-order valence-electron chi connectivity index (χ3n) is 5.15. The van der Waals surface area contributed by atoms with Crippen molar-refractivity contribution in [3.8, 4) is 11.5 Å². The van der Waals surface area contributed by atoms with Crippen LogP contribution in [0.5, 0.6) is 11.5 Å². The van der Waals surface area contributed by atoms with Gasteiger partial charge < -0.3 is 20.1 Å². The minimum absolute atomic E-state index is 0. The monoisotopic (exact) mass is 390 g/mol. The van der Waals surface area contributed by atoms with Crippen LogP contribution in [0.25, 0.3) is 0 Å². The number of carbonyl (C=O) groups excluding carboxylic acids is 1. The smallest absolute Gasteiger partial charge is 0.227 e. The third-order valence-corrected chi connectivity index (χ3v) is 5.15. The molecule has 5 nitrogen and oxygen atoms in total. The van der Waals surface area contributed by atoms with E-state index in [1.54, 1.807) is 14.2 Å². The maximum Gasteiger partial charge on any atom is 0.227 e. The molecule has 3 rings (SSSR count). The van der Waals surface area contributed by atoms with Gasteiger partial charge in [-0.15, -0.1) is 12.4 Å². The van der Waals surface area contributed by atoms with Gasteiger partial charge in [0.25, 0.3) is 0 Å². The van der Waals surface area contributed by atoms with E-state index in [4.69, 9.17) is 15.2 Å². The maximum atomic E-state index is 12.9. The molecule has 0 saturated carbocycles. The van der Waals surface area contributed by atoms with Gasteiger partial charge in [0.1, 0.15) is 11.5 Å². The number of halogens is 1. The SMILES string of the molecule is COc1ccc(OC)c(CC(=O)N2C[C@@H](CN)[C@H](c3ccccc3)C2)c1.Cl. The number of carbonyl (C=O) groups is 1. The van der Waals surface area contributed by atoms with Gasteiger partial charge in [-0.3, -0.25) is 4.79 Å². The highest BCUT2D eigenvalue weighted by Gasteiger charge is 2.35. The standard InChI is InChI=1S/C21H26N2O3.ClH/c1-25-18-8-9-20(26-2)16(10-18)11-21(24)23-13-17(12-22)19(14-23)15-6-4-3-5-7-15;/h3-10,17,19H,11-14,22H2,1-2H3;1H/t17-,19+;/m1./s1. The fourth-order valence-corrected chi connectivity index (χ4v) is 3.69. The number of amides is 1. The zero-order valence-corrected chi connectivity index (χ0v) is 16.6. The van der Waals surface area contributed by atoms with Crippen LogP contribution in [0, 0.1) is 5.92 Å². The first-order chi connectivity index (χ1) is 12.7. The second-order valence-corrected chi connectivity index (χ2v) is 6.67. The van der Waals surface area contributed by atoms with E-state index in [-0.39, 0.29) is 30.2 Å². The number of hydrogen-bond donors (Lipinski definition) is 1. The van der Waals surface area contributed by atoms with Gasteiger partial charge >= 0.3 is 0 Å². The van der Waals surface area contributed by atoms with Gasteiger partial charge in [-0.2, -0.15) is 0 Å². The minimum atomic E-state index is 0. The van der Waals surface area contributed by atoms with Gasteiger partial charge in [0.2, 0.25) is 5.91 Å². The largest absolute Gasteiger partial charge is 0.497 e. The molecular formula is C21H27ClN2O3. The number of likely N-dealkylation sites (tertiary alicyclic amines) is 1. The van der Waals surface area contributed by atoms with Crippen LogP contribution in [0.4, 0.5) is 0 Å². The van der Waals surface area contributed by atoms with Gasteiger partial charge in [-0.25, -0.2) is 0 Å². The Bertz CT molecular complexity index is 754. The molecule has 1 aliphatic rings. The Kier molecular flexibility index (Phi) is 7.51. The van der Waals surface area contributed by atoms with Crippen LogP contribution >= 0.6 is 12.4 Å². The lowest BCUT2D eigenvalue weighted by atomic mass is 9.89. The summed E-state index contributed by atoms with van der Waals surface area (Å²) in [6, 6.07) is 15.8. The topological polar surface area (TPSA) is 64.8 Å². The maximum absolute atomic E-state index is 12.9. The fourth-order valence-electron chi connectivity index (χ4n) is 3.69. The number of benzene rings is 2. The van der Waals surface area contributed by atoms with Gasteiger partial charge in [0, 0.05) is 24.6 Å². The molecule has 1 aliphatic heterocycles. The lowest BCUT2D eigenvalue weighted by molar-refractivity contribution is -0.129. The zero-order valence-electron chi connectivity index (χ0n) is 15.8. The van der Waals surface area contributed by atoms with Crippen LogP contribution in [0.2, 0.25) is 0 Å². The lowest BCUT2D eigenvalue weighted by Gasteiger charge is -2.18. The summed E-state index contributed by atoms with van der Waals surface area (Å²) in [6.45, 7) is 1.98. The molecule has 0 radical (unpaired) electrons. The average molecular weight is 391 g/mol. The summed E-state index contributed by atoms with van der Waals surface area (Å²) in [7, 11) is 3.23. The summed E-state index contributed by atoms with van der Waals surface area (Å²) in [5.74, 6) is 2.09. The number of nitrogens with two attached hydrogens (primary N) is 1. The van der Waals surface area contributed by atoms with Crippen molar-refractivity contribution in [3.05, 3.63) is 59.7 Å². The molecule has 0 spiro atoms. The lowest BCUT2D eigenvalue weighted by Crippen LogP contribution is -2.31.